The number of alkyl halides is 3. The molecule has 9 heteroatoms. The third kappa shape index (κ3) is 4.42. The van der Waals surface area contributed by atoms with Crippen LogP contribution in [-0.4, -0.2) is 20.9 Å². The van der Waals surface area contributed by atoms with Gasteiger partial charge < -0.3 is 0 Å². The quantitative estimate of drug-likeness (QED) is 0.742. The molecule has 26 heavy (non-hydrogen) atoms. The first-order valence-electron chi connectivity index (χ1n) is 7.52. The first kappa shape index (κ1) is 18.0. The van der Waals surface area contributed by atoms with E-state index in [-0.39, 0.29) is 5.69 Å². The summed E-state index contributed by atoms with van der Waals surface area (Å²) >= 11 is 1.25. The van der Waals surface area contributed by atoms with Gasteiger partial charge in [0.15, 0.2) is 5.13 Å². The van der Waals surface area contributed by atoms with Crippen molar-refractivity contribution in [2.45, 2.75) is 19.5 Å². The molecule has 0 spiro atoms. The number of carbonyl (C=O) groups is 1. The number of amides is 1. The predicted molar refractivity (Wildman–Crippen MR) is 91.1 cm³/mol. The lowest BCUT2D eigenvalue weighted by Gasteiger charge is -2.06. The van der Waals surface area contributed by atoms with Gasteiger partial charge in [0.05, 0.1) is 17.5 Å². The van der Waals surface area contributed by atoms with Crippen LogP contribution in [0.2, 0.25) is 0 Å². The summed E-state index contributed by atoms with van der Waals surface area (Å²) in [5, 5.41) is 3.02. The average molecular weight is 378 g/mol. The normalized spacial score (nSPS) is 11.4. The van der Waals surface area contributed by atoms with Gasteiger partial charge in [-0.25, -0.2) is 9.97 Å². The van der Waals surface area contributed by atoms with Crippen molar-refractivity contribution >= 4 is 22.4 Å². The number of anilines is 1. The standard InChI is InChI=1S/C17H13F3N4OS/c1-10-7-22-14(9-21-10)15(25)24-16-23-8-13(26-16)6-11-2-4-12(5-3-11)17(18,19)20/h2-5,7-9H,6H2,1H3,(H,23,24,25). The van der Waals surface area contributed by atoms with Crippen LogP contribution in [0.25, 0.3) is 0 Å². The van der Waals surface area contributed by atoms with Crippen molar-refractivity contribution in [3.05, 3.63) is 70.2 Å². The number of aromatic nitrogens is 3. The summed E-state index contributed by atoms with van der Waals surface area (Å²) in [6.07, 6.45) is 0.530. The molecule has 2 aromatic heterocycles. The molecule has 1 aromatic carbocycles. The number of hydrogen-bond donors (Lipinski definition) is 1. The number of rotatable bonds is 4. The molecule has 1 N–H and O–H groups in total. The van der Waals surface area contributed by atoms with E-state index >= 15 is 0 Å². The molecule has 0 unspecified atom stereocenters. The second kappa shape index (κ2) is 7.20. The molecule has 2 heterocycles. The molecular formula is C17H13F3N4OS. The lowest BCUT2D eigenvalue weighted by molar-refractivity contribution is -0.137. The van der Waals surface area contributed by atoms with E-state index in [2.05, 4.69) is 20.3 Å². The lowest BCUT2D eigenvalue weighted by Crippen LogP contribution is -2.13. The van der Waals surface area contributed by atoms with E-state index < -0.39 is 17.6 Å². The summed E-state index contributed by atoms with van der Waals surface area (Å²) in [6, 6.07) is 4.97. The Morgan fingerprint density at radius 2 is 1.81 bits per heavy atom. The van der Waals surface area contributed by atoms with E-state index in [1.807, 2.05) is 0 Å². The number of halogens is 3. The monoisotopic (exact) mass is 378 g/mol. The molecular weight excluding hydrogens is 365 g/mol. The van der Waals surface area contributed by atoms with Crippen molar-refractivity contribution < 1.29 is 18.0 Å². The largest absolute Gasteiger partial charge is 0.416 e. The predicted octanol–water partition coefficient (Wildman–Crippen LogP) is 4.10. The topological polar surface area (TPSA) is 67.8 Å². The van der Waals surface area contributed by atoms with Gasteiger partial charge in [0, 0.05) is 23.7 Å². The molecule has 0 aliphatic carbocycles. The van der Waals surface area contributed by atoms with Crippen LogP contribution in [-0.2, 0) is 12.6 Å². The Hall–Kier alpha value is -2.81. The van der Waals surface area contributed by atoms with Gasteiger partial charge in [-0.3, -0.25) is 15.1 Å². The van der Waals surface area contributed by atoms with Crippen molar-refractivity contribution in [3.63, 3.8) is 0 Å². The number of carbonyl (C=O) groups excluding carboxylic acids is 1. The van der Waals surface area contributed by atoms with Crippen LogP contribution in [0.4, 0.5) is 18.3 Å². The number of aryl methyl sites for hydroxylation is 1. The van der Waals surface area contributed by atoms with Crippen molar-refractivity contribution in [1.29, 1.82) is 0 Å². The molecule has 0 aliphatic rings. The van der Waals surface area contributed by atoms with E-state index in [4.69, 9.17) is 0 Å². The van der Waals surface area contributed by atoms with Crippen LogP contribution in [0.15, 0.2) is 42.9 Å². The van der Waals surface area contributed by atoms with Crippen molar-refractivity contribution in [2.24, 2.45) is 0 Å². The first-order chi connectivity index (χ1) is 12.3. The second-order valence-corrected chi connectivity index (χ2v) is 6.62. The molecule has 3 rings (SSSR count). The maximum absolute atomic E-state index is 12.6. The Bertz CT molecular complexity index is 905. The van der Waals surface area contributed by atoms with E-state index in [1.165, 1.54) is 35.9 Å². The fourth-order valence-corrected chi connectivity index (χ4v) is 2.97. The van der Waals surface area contributed by atoms with Crippen LogP contribution in [0, 0.1) is 6.92 Å². The third-order valence-electron chi connectivity index (χ3n) is 3.45. The highest BCUT2D eigenvalue weighted by Gasteiger charge is 2.29. The van der Waals surface area contributed by atoms with Gasteiger partial charge in [-0.1, -0.05) is 12.1 Å². The Morgan fingerprint density at radius 1 is 1.08 bits per heavy atom. The minimum absolute atomic E-state index is 0.176. The van der Waals surface area contributed by atoms with Crippen LogP contribution < -0.4 is 5.32 Å². The fraction of sp³-hybridized carbons (Fsp3) is 0.176. The highest BCUT2D eigenvalue weighted by Crippen LogP contribution is 2.30. The molecule has 0 bridgehead atoms. The highest BCUT2D eigenvalue weighted by atomic mass is 32.1. The van der Waals surface area contributed by atoms with E-state index in [0.717, 1.165) is 22.6 Å². The Labute approximate surface area is 151 Å². The van der Waals surface area contributed by atoms with Crippen LogP contribution in [0.1, 0.15) is 32.2 Å². The SMILES string of the molecule is Cc1cnc(C(=O)Nc2ncc(Cc3ccc(C(F)(F)F)cc3)s2)cn1. The zero-order valence-corrected chi connectivity index (χ0v) is 14.4. The zero-order chi connectivity index (χ0) is 18.7. The fourth-order valence-electron chi connectivity index (χ4n) is 2.13. The Balaban J connectivity index is 1.64. The molecule has 0 fully saturated rings. The van der Waals surface area contributed by atoms with Gasteiger partial charge in [-0.2, -0.15) is 13.2 Å². The molecule has 3 aromatic rings. The third-order valence-corrected chi connectivity index (χ3v) is 4.36. The molecule has 0 saturated carbocycles. The summed E-state index contributed by atoms with van der Waals surface area (Å²) < 4.78 is 37.7. The number of thiazole rings is 1. The molecule has 0 saturated heterocycles. The van der Waals surface area contributed by atoms with Crippen molar-refractivity contribution in [1.82, 2.24) is 15.0 Å². The van der Waals surface area contributed by atoms with Crippen LogP contribution in [0.5, 0.6) is 0 Å². The van der Waals surface area contributed by atoms with Crippen molar-refractivity contribution in [2.75, 3.05) is 5.32 Å². The molecule has 0 aliphatic heterocycles. The maximum atomic E-state index is 12.6. The summed E-state index contributed by atoms with van der Waals surface area (Å²) in [5.74, 6) is -0.423. The molecule has 0 atom stereocenters. The average Bonchev–Trinajstić information content (AvgIpc) is 3.02. The zero-order valence-electron chi connectivity index (χ0n) is 13.5. The minimum Gasteiger partial charge on any atom is -0.296 e. The second-order valence-electron chi connectivity index (χ2n) is 5.50. The van der Waals surface area contributed by atoms with Crippen LogP contribution in [0.3, 0.4) is 0 Å². The van der Waals surface area contributed by atoms with E-state index in [9.17, 15) is 18.0 Å². The molecule has 5 nitrogen and oxygen atoms in total. The van der Waals surface area contributed by atoms with E-state index in [0.29, 0.717) is 17.2 Å². The number of hydrogen-bond acceptors (Lipinski definition) is 5. The number of nitrogens with one attached hydrogen (secondary N) is 1. The Morgan fingerprint density at radius 3 is 2.42 bits per heavy atom. The number of nitrogens with zero attached hydrogens (tertiary/aromatic N) is 3. The van der Waals surface area contributed by atoms with E-state index in [1.54, 1.807) is 13.1 Å². The summed E-state index contributed by atoms with van der Waals surface area (Å²) in [7, 11) is 0. The number of benzene rings is 1. The summed E-state index contributed by atoms with van der Waals surface area (Å²) in [5.41, 5.74) is 0.923. The maximum Gasteiger partial charge on any atom is 0.416 e. The van der Waals surface area contributed by atoms with Crippen molar-refractivity contribution in [3.8, 4) is 0 Å². The van der Waals surface area contributed by atoms with Gasteiger partial charge in [0.2, 0.25) is 0 Å². The first-order valence-corrected chi connectivity index (χ1v) is 8.34. The molecule has 1 amide bonds. The lowest BCUT2D eigenvalue weighted by atomic mass is 10.1. The van der Waals surface area contributed by atoms with Gasteiger partial charge in [0.1, 0.15) is 5.69 Å². The van der Waals surface area contributed by atoms with Gasteiger partial charge >= 0.3 is 6.18 Å². The smallest absolute Gasteiger partial charge is 0.296 e. The van der Waals surface area contributed by atoms with Gasteiger partial charge in [0.25, 0.3) is 5.91 Å². The highest BCUT2D eigenvalue weighted by molar-refractivity contribution is 7.15. The molecule has 0 radical (unpaired) electrons. The Kier molecular flexibility index (Phi) is 4.99. The summed E-state index contributed by atoms with van der Waals surface area (Å²) in [6.45, 7) is 1.77. The van der Waals surface area contributed by atoms with Gasteiger partial charge in [-0.15, -0.1) is 11.3 Å². The van der Waals surface area contributed by atoms with Crippen LogP contribution >= 0.6 is 11.3 Å². The summed E-state index contributed by atoms with van der Waals surface area (Å²) in [4.78, 5) is 25.0. The molecule has 134 valence electrons. The minimum atomic E-state index is -4.35. The van der Waals surface area contributed by atoms with Gasteiger partial charge in [-0.05, 0) is 24.6 Å².